The highest BCUT2D eigenvalue weighted by molar-refractivity contribution is 5.98. The van der Waals surface area contributed by atoms with E-state index in [4.69, 9.17) is 0 Å². The average Bonchev–Trinajstić information content (AvgIpc) is 2.63. The molecule has 4 rings (SSSR count). The van der Waals surface area contributed by atoms with Crippen LogP contribution < -0.4 is 0 Å². The van der Waals surface area contributed by atoms with Gasteiger partial charge >= 0.3 is 0 Å². The minimum Gasteiger partial charge on any atom is -0.373 e. The summed E-state index contributed by atoms with van der Waals surface area (Å²) in [7, 11) is 0. The molecule has 3 aromatic rings. The van der Waals surface area contributed by atoms with Crippen LogP contribution in [0, 0.1) is 0 Å². The van der Waals surface area contributed by atoms with Crippen LogP contribution in [-0.2, 0) is 6.54 Å². The smallest absolute Gasteiger partial charge is 0.0430 e. The number of fused-ring (bicyclic) bond motifs is 1. The molecule has 1 heterocycles. The van der Waals surface area contributed by atoms with E-state index in [1.54, 1.807) is 0 Å². The zero-order valence-electron chi connectivity index (χ0n) is 13.3. The van der Waals surface area contributed by atoms with E-state index < -0.39 is 0 Å². The number of hydrogen-bond acceptors (Lipinski definition) is 1. The Morgan fingerprint density at radius 2 is 1.65 bits per heavy atom. The predicted molar refractivity (Wildman–Crippen MR) is 98.2 cm³/mol. The largest absolute Gasteiger partial charge is 0.373 e. The zero-order valence-corrected chi connectivity index (χ0v) is 13.3. The van der Waals surface area contributed by atoms with Gasteiger partial charge in [-0.15, -0.1) is 0 Å². The molecule has 0 unspecified atom stereocenters. The Morgan fingerprint density at radius 1 is 0.826 bits per heavy atom. The molecule has 0 fully saturated rings. The van der Waals surface area contributed by atoms with E-state index in [2.05, 4.69) is 83.9 Å². The highest BCUT2D eigenvalue weighted by Gasteiger charge is 2.12. The Hall–Kier alpha value is -2.54. The van der Waals surface area contributed by atoms with Gasteiger partial charge in [-0.25, -0.2) is 0 Å². The maximum absolute atomic E-state index is 2.43. The van der Waals surface area contributed by atoms with E-state index >= 15 is 0 Å². The molecule has 1 aliphatic heterocycles. The summed E-state index contributed by atoms with van der Waals surface area (Å²) in [5.74, 6) is 0. The van der Waals surface area contributed by atoms with Crippen molar-refractivity contribution in [3.05, 3.63) is 84.6 Å². The highest BCUT2D eigenvalue weighted by Crippen LogP contribution is 2.33. The van der Waals surface area contributed by atoms with E-state index in [0.29, 0.717) is 0 Å². The third-order valence-electron chi connectivity index (χ3n) is 4.58. The molecule has 0 spiro atoms. The molecular formula is C22H21N. The second-order valence-electron chi connectivity index (χ2n) is 6.18. The maximum Gasteiger partial charge on any atom is 0.0430 e. The molecule has 0 atom stereocenters. The van der Waals surface area contributed by atoms with Crippen molar-refractivity contribution in [3.63, 3.8) is 0 Å². The number of allylic oxidation sites excluding steroid dienone is 1. The maximum atomic E-state index is 2.43. The van der Waals surface area contributed by atoms with Crippen molar-refractivity contribution in [2.24, 2.45) is 0 Å². The van der Waals surface area contributed by atoms with Gasteiger partial charge in [0.15, 0.2) is 0 Å². The predicted octanol–water partition coefficient (Wildman–Crippen LogP) is 5.62. The molecule has 23 heavy (non-hydrogen) atoms. The van der Waals surface area contributed by atoms with Crippen molar-refractivity contribution in [1.29, 1.82) is 0 Å². The molecule has 0 N–H and O–H groups in total. The van der Waals surface area contributed by atoms with Gasteiger partial charge in [0.2, 0.25) is 0 Å². The van der Waals surface area contributed by atoms with Crippen molar-refractivity contribution in [3.8, 4) is 11.1 Å². The molecule has 0 aliphatic carbocycles. The lowest BCUT2D eigenvalue weighted by molar-refractivity contribution is 0.349. The topological polar surface area (TPSA) is 3.24 Å². The van der Waals surface area contributed by atoms with E-state index in [0.717, 1.165) is 13.1 Å². The van der Waals surface area contributed by atoms with Crippen molar-refractivity contribution in [2.45, 2.75) is 19.4 Å². The summed E-state index contributed by atoms with van der Waals surface area (Å²) < 4.78 is 0. The quantitative estimate of drug-likeness (QED) is 0.607. The molecule has 0 radical (unpaired) electrons. The van der Waals surface area contributed by atoms with Gasteiger partial charge in [0.05, 0.1) is 0 Å². The normalized spacial score (nSPS) is 14.3. The molecule has 1 aliphatic rings. The summed E-state index contributed by atoms with van der Waals surface area (Å²) in [5, 5.41) is 2.65. The van der Waals surface area contributed by atoms with Crippen LogP contribution >= 0.6 is 0 Å². The van der Waals surface area contributed by atoms with Gasteiger partial charge < -0.3 is 4.90 Å². The molecule has 0 saturated heterocycles. The molecule has 0 aromatic heterocycles. The summed E-state index contributed by atoms with van der Waals surface area (Å²) in [6, 6.07) is 24.0. The number of benzene rings is 3. The molecule has 114 valence electrons. The lowest BCUT2D eigenvalue weighted by Crippen LogP contribution is -2.20. The van der Waals surface area contributed by atoms with E-state index in [-0.39, 0.29) is 0 Å². The first kappa shape index (κ1) is 14.1. The first-order chi connectivity index (χ1) is 11.4. The molecule has 1 nitrogen and oxygen atoms in total. The summed E-state index contributed by atoms with van der Waals surface area (Å²) in [4.78, 5) is 2.43. The SMILES string of the molecule is C1=CN(Cc2ccc3ccccc3c2-c2ccccc2)CCC1. The van der Waals surface area contributed by atoms with Gasteiger partial charge in [-0.05, 0) is 46.5 Å². The van der Waals surface area contributed by atoms with Crippen LogP contribution in [0.2, 0.25) is 0 Å². The Kier molecular flexibility index (Phi) is 3.85. The molecule has 3 aromatic carbocycles. The minimum atomic E-state index is 0.978. The third kappa shape index (κ3) is 2.87. The van der Waals surface area contributed by atoms with Crippen LogP contribution in [0.1, 0.15) is 18.4 Å². The number of nitrogens with zero attached hydrogens (tertiary/aromatic N) is 1. The van der Waals surface area contributed by atoms with Crippen molar-refractivity contribution in [1.82, 2.24) is 4.90 Å². The monoisotopic (exact) mass is 299 g/mol. The minimum absolute atomic E-state index is 0.978. The summed E-state index contributed by atoms with van der Waals surface area (Å²) >= 11 is 0. The fraction of sp³-hybridized carbons (Fsp3) is 0.182. The van der Waals surface area contributed by atoms with Crippen LogP contribution in [-0.4, -0.2) is 11.4 Å². The van der Waals surface area contributed by atoms with Gasteiger partial charge in [0.1, 0.15) is 0 Å². The van der Waals surface area contributed by atoms with Crippen LogP contribution in [0.25, 0.3) is 21.9 Å². The van der Waals surface area contributed by atoms with Crippen molar-refractivity contribution < 1.29 is 0 Å². The zero-order chi connectivity index (χ0) is 15.5. The first-order valence-electron chi connectivity index (χ1n) is 8.38. The van der Waals surface area contributed by atoms with Gasteiger partial charge in [-0.3, -0.25) is 0 Å². The summed E-state index contributed by atoms with van der Waals surface area (Å²) in [6.07, 6.45) is 7.00. The first-order valence-corrected chi connectivity index (χ1v) is 8.38. The van der Waals surface area contributed by atoms with Crippen molar-refractivity contribution >= 4 is 10.8 Å². The van der Waals surface area contributed by atoms with Crippen LogP contribution in [0.15, 0.2) is 79.0 Å². The number of hydrogen-bond donors (Lipinski definition) is 0. The number of rotatable bonds is 3. The molecule has 0 saturated carbocycles. The van der Waals surface area contributed by atoms with Crippen molar-refractivity contribution in [2.75, 3.05) is 6.54 Å². The Balaban J connectivity index is 1.86. The van der Waals surface area contributed by atoms with Crippen LogP contribution in [0.4, 0.5) is 0 Å². The van der Waals surface area contributed by atoms with Crippen LogP contribution in [0.5, 0.6) is 0 Å². The Bertz CT molecular complexity index is 833. The highest BCUT2D eigenvalue weighted by atomic mass is 15.1. The second kappa shape index (κ2) is 6.29. The van der Waals surface area contributed by atoms with Gasteiger partial charge in [0, 0.05) is 13.1 Å². The molecule has 0 amide bonds. The summed E-state index contributed by atoms with van der Waals surface area (Å²) in [6.45, 7) is 2.13. The molecule has 0 bridgehead atoms. The van der Waals surface area contributed by atoms with Crippen LogP contribution in [0.3, 0.4) is 0 Å². The summed E-state index contributed by atoms with van der Waals surface area (Å²) in [5.41, 5.74) is 4.09. The molecule has 1 heteroatoms. The Morgan fingerprint density at radius 3 is 2.48 bits per heavy atom. The van der Waals surface area contributed by atoms with E-state index in [1.165, 1.54) is 40.3 Å². The average molecular weight is 299 g/mol. The fourth-order valence-electron chi connectivity index (χ4n) is 3.46. The third-order valence-corrected chi connectivity index (χ3v) is 4.58. The second-order valence-corrected chi connectivity index (χ2v) is 6.18. The van der Waals surface area contributed by atoms with E-state index in [9.17, 15) is 0 Å². The standard InChI is InChI=1S/C22H21N/c1-3-10-19(11-4-1)22-20(17-23-15-7-2-8-16-23)14-13-18-9-5-6-12-21(18)22/h1,3-7,9-15H,2,8,16-17H2. The molecular weight excluding hydrogens is 278 g/mol. The van der Waals surface area contributed by atoms with Gasteiger partial charge in [-0.1, -0.05) is 72.8 Å². The fourth-order valence-corrected chi connectivity index (χ4v) is 3.46. The lowest BCUT2D eigenvalue weighted by atomic mass is 9.93. The van der Waals surface area contributed by atoms with Gasteiger partial charge in [0.25, 0.3) is 0 Å². The van der Waals surface area contributed by atoms with Gasteiger partial charge in [-0.2, -0.15) is 0 Å². The van der Waals surface area contributed by atoms with E-state index in [1.807, 2.05) is 0 Å². The lowest BCUT2D eigenvalue weighted by Gasteiger charge is -2.25. The Labute approximate surface area is 137 Å².